The number of carbonyl (C=O) groups is 1. The maximum Gasteiger partial charge on any atom is 0.410 e. The van der Waals surface area contributed by atoms with Gasteiger partial charge in [-0.1, -0.05) is 36.4 Å². The summed E-state index contributed by atoms with van der Waals surface area (Å²) in [6, 6.07) is 13.4. The highest BCUT2D eigenvalue weighted by Gasteiger charge is 2.42. The maximum atomic E-state index is 15.1. The summed E-state index contributed by atoms with van der Waals surface area (Å²) in [4.78, 5) is 13.8. The molecular formula is C23H25F3N2O2. The lowest BCUT2D eigenvalue weighted by Crippen LogP contribution is -2.49. The molecule has 30 heavy (non-hydrogen) atoms. The first-order valence-electron chi connectivity index (χ1n) is 10.3. The van der Waals surface area contributed by atoms with Gasteiger partial charge in [-0.2, -0.15) is 0 Å². The van der Waals surface area contributed by atoms with Crippen molar-refractivity contribution in [3.63, 3.8) is 0 Å². The molecule has 1 N–H and O–H groups in total. The zero-order valence-electron chi connectivity index (χ0n) is 16.6. The summed E-state index contributed by atoms with van der Waals surface area (Å²) >= 11 is 0. The molecule has 160 valence electrons. The van der Waals surface area contributed by atoms with Gasteiger partial charge in [0.25, 0.3) is 0 Å². The van der Waals surface area contributed by atoms with E-state index in [1.54, 1.807) is 11.0 Å². The summed E-state index contributed by atoms with van der Waals surface area (Å²) < 4.78 is 46.9. The largest absolute Gasteiger partial charge is 0.445 e. The van der Waals surface area contributed by atoms with Crippen molar-refractivity contribution in [1.29, 1.82) is 0 Å². The number of benzene rings is 2. The average molecular weight is 418 g/mol. The molecule has 2 aliphatic rings. The van der Waals surface area contributed by atoms with Crippen LogP contribution in [0.3, 0.4) is 0 Å². The first-order chi connectivity index (χ1) is 14.4. The molecule has 1 amide bonds. The van der Waals surface area contributed by atoms with Gasteiger partial charge in [-0.05, 0) is 29.7 Å². The third-order valence-electron chi connectivity index (χ3n) is 5.97. The van der Waals surface area contributed by atoms with E-state index in [4.69, 9.17) is 4.74 Å². The number of halogens is 3. The van der Waals surface area contributed by atoms with Crippen molar-refractivity contribution < 1.29 is 22.7 Å². The zero-order chi connectivity index (χ0) is 21.1. The summed E-state index contributed by atoms with van der Waals surface area (Å²) in [7, 11) is 0. The van der Waals surface area contributed by atoms with Gasteiger partial charge in [0.15, 0.2) is 11.6 Å². The fraction of sp³-hybridized carbons (Fsp3) is 0.435. The van der Waals surface area contributed by atoms with Gasteiger partial charge in [0.05, 0.1) is 0 Å². The van der Waals surface area contributed by atoms with Crippen LogP contribution in [0.5, 0.6) is 0 Å². The third-order valence-corrected chi connectivity index (χ3v) is 5.97. The molecule has 4 nitrogen and oxygen atoms in total. The first-order valence-corrected chi connectivity index (χ1v) is 10.3. The van der Waals surface area contributed by atoms with Gasteiger partial charge in [-0.25, -0.2) is 18.0 Å². The van der Waals surface area contributed by atoms with Crippen molar-refractivity contribution in [2.75, 3.05) is 19.6 Å². The van der Waals surface area contributed by atoms with E-state index in [9.17, 15) is 13.6 Å². The van der Waals surface area contributed by atoms with Crippen LogP contribution >= 0.6 is 0 Å². The zero-order valence-corrected chi connectivity index (χ0v) is 16.6. The number of nitrogens with zero attached hydrogens (tertiary/aromatic N) is 1. The molecule has 2 atom stereocenters. The fourth-order valence-electron chi connectivity index (χ4n) is 3.92. The van der Waals surface area contributed by atoms with Crippen molar-refractivity contribution in [2.45, 2.75) is 43.5 Å². The van der Waals surface area contributed by atoms with Crippen LogP contribution in [0, 0.1) is 11.6 Å². The Balaban J connectivity index is 1.20. The molecule has 0 spiro atoms. The molecule has 7 heteroatoms. The Morgan fingerprint density at radius 2 is 1.83 bits per heavy atom. The predicted molar refractivity (Wildman–Crippen MR) is 107 cm³/mol. The second-order valence-electron chi connectivity index (χ2n) is 8.18. The molecule has 2 aromatic rings. The predicted octanol–water partition coefficient (Wildman–Crippen LogP) is 4.55. The summed E-state index contributed by atoms with van der Waals surface area (Å²) in [6.07, 6.45) is 0.833. The molecular weight excluding hydrogens is 393 g/mol. The first kappa shape index (κ1) is 20.7. The Labute approximate surface area is 174 Å². The molecule has 0 bridgehead atoms. The topological polar surface area (TPSA) is 41.6 Å². The molecule has 2 aromatic carbocycles. The van der Waals surface area contributed by atoms with Crippen molar-refractivity contribution in [3.8, 4) is 0 Å². The molecule has 1 aliphatic carbocycles. The van der Waals surface area contributed by atoms with Crippen molar-refractivity contribution in [2.24, 2.45) is 0 Å². The van der Waals surface area contributed by atoms with Crippen LogP contribution in [0.2, 0.25) is 0 Å². The van der Waals surface area contributed by atoms with E-state index in [1.807, 2.05) is 30.3 Å². The van der Waals surface area contributed by atoms with E-state index >= 15 is 4.39 Å². The highest BCUT2D eigenvalue weighted by Crippen LogP contribution is 2.41. The molecule has 1 saturated heterocycles. The number of rotatable bonds is 6. The Bertz CT molecular complexity index is 885. The SMILES string of the molecule is O=C(OCc1ccccc1)N1CCC(F)(CNC2CC2c2ccc(F)c(F)c2)CC1. The van der Waals surface area contributed by atoms with Crippen LogP contribution in [0.25, 0.3) is 0 Å². The minimum absolute atomic E-state index is 0.0661. The van der Waals surface area contributed by atoms with Crippen molar-refractivity contribution in [1.82, 2.24) is 10.2 Å². The van der Waals surface area contributed by atoms with Gasteiger partial charge in [0.2, 0.25) is 0 Å². The van der Waals surface area contributed by atoms with Gasteiger partial charge < -0.3 is 15.0 Å². The number of piperidine rings is 1. The minimum Gasteiger partial charge on any atom is -0.445 e. The van der Waals surface area contributed by atoms with Gasteiger partial charge in [-0.15, -0.1) is 0 Å². The fourth-order valence-corrected chi connectivity index (χ4v) is 3.92. The highest BCUT2D eigenvalue weighted by atomic mass is 19.2. The number of hydrogen-bond donors (Lipinski definition) is 1. The monoisotopic (exact) mass is 418 g/mol. The number of nitrogens with one attached hydrogen (secondary N) is 1. The second kappa shape index (κ2) is 8.68. The number of ether oxygens (including phenoxy) is 1. The van der Waals surface area contributed by atoms with Gasteiger partial charge in [0.1, 0.15) is 12.3 Å². The molecule has 2 unspecified atom stereocenters. The Kier molecular flexibility index (Phi) is 5.99. The summed E-state index contributed by atoms with van der Waals surface area (Å²) in [5.41, 5.74) is 0.249. The lowest BCUT2D eigenvalue weighted by molar-refractivity contribution is 0.0408. The van der Waals surface area contributed by atoms with Gasteiger partial charge in [0, 0.05) is 44.4 Å². The number of hydrogen-bond acceptors (Lipinski definition) is 3. The van der Waals surface area contributed by atoms with Crippen LogP contribution in [0.4, 0.5) is 18.0 Å². The van der Waals surface area contributed by atoms with Gasteiger partial charge >= 0.3 is 6.09 Å². The summed E-state index contributed by atoms with van der Waals surface area (Å²) in [5, 5.41) is 3.21. The van der Waals surface area contributed by atoms with E-state index in [0.717, 1.165) is 23.6 Å². The Morgan fingerprint density at radius 3 is 2.53 bits per heavy atom. The number of alkyl halides is 1. The van der Waals surface area contributed by atoms with Gasteiger partial charge in [-0.3, -0.25) is 0 Å². The highest BCUT2D eigenvalue weighted by molar-refractivity contribution is 5.67. The molecule has 1 heterocycles. The number of carbonyl (C=O) groups excluding carboxylic acids is 1. The summed E-state index contributed by atoms with van der Waals surface area (Å²) in [6.45, 7) is 1.00. The molecule has 4 rings (SSSR count). The molecule has 0 aromatic heterocycles. The lowest BCUT2D eigenvalue weighted by Gasteiger charge is -2.36. The van der Waals surface area contributed by atoms with E-state index in [0.29, 0.717) is 13.1 Å². The van der Waals surface area contributed by atoms with Crippen LogP contribution in [-0.4, -0.2) is 42.3 Å². The molecule has 1 aliphatic heterocycles. The maximum absolute atomic E-state index is 15.1. The van der Waals surface area contributed by atoms with E-state index < -0.39 is 23.4 Å². The van der Waals surface area contributed by atoms with Crippen LogP contribution < -0.4 is 5.32 Å². The smallest absolute Gasteiger partial charge is 0.410 e. The molecule has 2 fully saturated rings. The van der Waals surface area contributed by atoms with Crippen molar-refractivity contribution >= 4 is 6.09 Å². The molecule has 1 saturated carbocycles. The minimum atomic E-state index is -1.39. The standard InChI is InChI=1S/C23H25F3N2O2/c24-19-7-6-17(12-20(19)25)18-13-21(18)27-15-23(26)8-10-28(11-9-23)22(29)30-14-16-4-2-1-3-5-16/h1-7,12,18,21,27H,8-11,13-15H2. The van der Waals surface area contributed by atoms with Crippen molar-refractivity contribution in [3.05, 3.63) is 71.3 Å². The van der Waals surface area contributed by atoms with E-state index in [2.05, 4.69) is 5.32 Å². The third kappa shape index (κ3) is 4.95. The van der Waals surface area contributed by atoms with Crippen LogP contribution in [0.15, 0.2) is 48.5 Å². The normalized spacial score (nSPS) is 22.6. The van der Waals surface area contributed by atoms with Crippen LogP contribution in [-0.2, 0) is 11.3 Å². The number of likely N-dealkylation sites (tertiary alicyclic amines) is 1. The molecule has 0 radical (unpaired) electrons. The quantitative estimate of drug-likeness (QED) is 0.748. The Hall–Kier alpha value is -2.54. The summed E-state index contributed by atoms with van der Waals surface area (Å²) in [5.74, 6) is -1.64. The van der Waals surface area contributed by atoms with E-state index in [1.165, 1.54) is 6.07 Å². The lowest BCUT2D eigenvalue weighted by atomic mass is 9.93. The average Bonchev–Trinajstić information content (AvgIpc) is 3.54. The van der Waals surface area contributed by atoms with E-state index in [-0.39, 0.29) is 38.0 Å². The van der Waals surface area contributed by atoms with Crippen LogP contribution in [0.1, 0.15) is 36.3 Å². The second-order valence-corrected chi connectivity index (χ2v) is 8.18. The Morgan fingerprint density at radius 1 is 1.10 bits per heavy atom. The number of amides is 1.